The van der Waals surface area contributed by atoms with Crippen LogP contribution in [0.25, 0.3) is 0 Å². The first-order chi connectivity index (χ1) is 8.99. The summed E-state index contributed by atoms with van der Waals surface area (Å²) in [5.41, 5.74) is 6.81. The van der Waals surface area contributed by atoms with Gasteiger partial charge in [0.2, 0.25) is 0 Å². The first-order valence-electron chi connectivity index (χ1n) is 6.30. The quantitative estimate of drug-likeness (QED) is 0.787. The second kappa shape index (κ2) is 6.99. The molecule has 0 aliphatic rings. The number of ether oxygens (including phenoxy) is 2. The van der Waals surface area contributed by atoms with Crippen LogP contribution in [-0.2, 0) is 11.2 Å². The summed E-state index contributed by atoms with van der Waals surface area (Å²) in [6.45, 7) is 3.49. The number of hydrogen-bond donors (Lipinski definition) is 2. The van der Waals surface area contributed by atoms with Crippen molar-refractivity contribution in [3.05, 3.63) is 23.8 Å². The van der Waals surface area contributed by atoms with E-state index in [1.54, 1.807) is 6.07 Å². The van der Waals surface area contributed by atoms with Gasteiger partial charge in [0, 0.05) is 6.04 Å². The van der Waals surface area contributed by atoms with E-state index in [-0.39, 0.29) is 6.04 Å². The molecule has 19 heavy (non-hydrogen) atoms. The van der Waals surface area contributed by atoms with Crippen molar-refractivity contribution in [3.63, 3.8) is 0 Å². The molecule has 0 aromatic heterocycles. The second-order valence-electron chi connectivity index (χ2n) is 4.42. The molecule has 0 amide bonds. The van der Waals surface area contributed by atoms with Gasteiger partial charge in [-0.25, -0.2) is 4.79 Å². The topological polar surface area (TPSA) is 81.8 Å². The van der Waals surface area contributed by atoms with E-state index >= 15 is 0 Å². The molecule has 3 N–H and O–H groups in total. The van der Waals surface area contributed by atoms with E-state index in [1.807, 2.05) is 19.1 Å². The Bertz CT molecular complexity index is 433. The number of aliphatic carboxylic acids is 1. The molecule has 0 saturated heterocycles. The molecule has 2 unspecified atom stereocenters. The first-order valence-corrected chi connectivity index (χ1v) is 6.30. The van der Waals surface area contributed by atoms with Crippen LogP contribution in [0.4, 0.5) is 0 Å². The molecule has 5 nitrogen and oxygen atoms in total. The lowest BCUT2D eigenvalue weighted by Gasteiger charge is -2.19. The van der Waals surface area contributed by atoms with Crippen LogP contribution in [0.3, 0.4) is 0 Å². The Morgan fingerprint density at radius 2 is 2.16 bits per heavy atom. The molecule has 106 valence electrons. The van der Waals surface area contributed by atoms with Gasteiger partial charge in [0.05, 0.1) is 7.11 Å². The lowest BCUT2D eigenvalue weighted by Crippen LogP contribution is -2.25. The van der Waals surface area contributed by atoms with E-state index in [1.165, 1.54) is 14.0 Å². The van der Waals surface area contributed by atoms with Crippen LogP contribution in [-0.4, -0.2) is 30.3 Å². The van der Waals surface area contributed by atoms with E-state index in [0.717, 1.165) is 12.0 Å². The van der Waals surface area contributed by atoms with Crippen LogP contribution in [0.1, 0.15) is 25.8 Å². The summed E-state index contributed by atoms with van der Waals surface area (Å²) in [6.07, 6.45) is 0.522. The monoisotopic (exact) mass is 267 g/mol. The van der Waals surface area contributed by atoms with Crippen molar-refractivity contribution in [1.82, 2.24) is 0 Å². The second-order valence-corrected chi connectivity index (χ2v) is 4.42. The number of rotatable bonds is 7. The van der Waals surface area contributed by atoms with Gasteiger partial charge in [-0.3, -0.25) is 0 Å². The fraction of sp³-hybridized carbons (Fsp3) is 0.500. The summed E-state index contributed by atoms with van der Waals surface area (Å²) in [5, 5.41) is 8.94. The van der Waals surface area contributed by atoms with Crippen molar-refractivity contribution in [1.29, 1.82) is 0 Å². The Morgan fingerprint density at radius 1 is 1.47 bits per heavy atom. The number of carboxylic acid groups (broad SMARTS) is 1. The van der Waals surface area contributed by atoms with Crippen LogP contribution in [0.5, 0.6) is 11.5 Å². The fourth-order valence-corrected chi connectivity index (χ4v) is 1.67. The molecule has 1 aromatic rings. The summed E-state index contributed by atoms with van der Waals surface area (Å²) < 4.78 is 10.7. The Kier molecular flexibility index (Phi) is 5.63. The van der Waals surface area contributed by atoms with E-state index < -0.39 is 12.1 Å². The normalized spacial score (nSPS) is 13.7. The van der Waals surface area contributed by atoms with Gasteiger partial charge in [-0.2, -0.15) is 0 Å². The minimum absolute atomic E-state index is 0.00888. The Balaban J connectivity index is 3.05. The number of hydrogen-bond acceptors (Lipinski definition) is 4. The van der Waals surface area contributed by atoms with Crippen molar-refractivity contribution in [2.75, 3.05) is 7.11 Å². The highest BCUT2D eigenvalue weighted by molar-refractivity contribution is 5.72. The SMILES string of the molecule is CCC(N)Cc1cccc(OC)c1OC(C)C(=O)O. The van der Waals surface area contributed by atoms with Crippen LogP contribution >= 0.6 is 0 Å². The zero-order valence-corrected chi connectivity index (χ0v) is 11.6. The zero-order valence-electron chi connectivity index (χ0n) is 11.6. The number of methoxy groups -OCH3 is 1. The third kappa shape index (κ3) is 4.13. The molecule has 0 aliphatic carbocycles. The van der Waals surface area contributed by atoms with Gasteiger partial charge in [0.25, 0.3) is 0 Å². The van der Waals surface area contributed by atoms with Crippen molar-refractivity contribution in [3.8, 4) is 11.5 Å². The van der Waals surface area contributed by atoms with Crippen LogP contribution in [0.2, 0.25) is 0 Å². The summed E-state index contributed by atoms with van der Waals surface area (Å²) in [5.74, 6) is -0.0330. The van der Waals surface area contributed by atoms with Gasteiger partial charge in [0.1, 0.15) is 0 Å². The van der Waals surface area contributed by atoms with Crippen molar-refractivity contribution < 1.29 is 19.4 Å². The highest BCUT2D eigenvalue weighted by atomic mass is 16.5. The van der Waals surface area contributed by atoms with Gasteiger partial charge in [-0.05, 0) is 31.4 Å². The molecule has 0 spiro atoms. The number of carboxylic acids is 1. The predicted octanol–water partition coefficient (Wildman–Crippen LogP) is 1.83. The van der Waals surface area contributed by atoms with Gasteiger partial charge < -0.3 is 20.3 Å². The number of carbonyl (C=O) groups is 1. The predicted molar refractivity (Wildman–Crippen MR) is 72.7 cm³/mol. The third-order valence-corrected chi connectivity index (χ3v) is 2.93. The number of nitrogens with two attached hydrogens (primary N) is 1. The minimum Gasteiger partial charge on any atom is -0.493 e. The maximum atomic E-state index is 10.9. The lowest BCUT2D eigenvalue weighted by molar-refractivity contribution is -0.144. The largest absolute Gasteiger partial charge is 0.493 e. The van der Waals surface area contributed by atoms with Crippen LogP contribution in [0, 0.1) is 0 Å². The Morgan fingerprint density at radius 3 is 2.68 bits per heavy atom. The highest BCUT2D eigenvalue weighted by Crippen LogP contribution is 2.32. The third-order valence-electron chi connectivity index (χ3n) is 2.93. The van der Waals surface area contributed by atoms with Gasteiger partial charge >= 0.3 is 5.97 Å². The first kappa shape index (κ1) is 15.3. The van der Waals surface area contributed by atoms with E-state index in [2.05, 4.69) is 0 Å². The molecule has 1 aromatic carbocycles. The molecular weight excluding hydrogens is 246 g/mol. The molecule has 0 aliphatic heterocycles. The maximum absolute atomic E-state index is 10.9. The average molecular weight is 267 g/mol. The fourth-order valence-electron chi connectivity index (χ4n) is 1.67. The maximum Gasteiger partial charge on any atom is 0.344 e. The summed E-state index contributed by atoms with van der Waals surface area (Å²) in [6, 6.07) is 5.47. The van der Waals surface area contributed by atoms with Gasteiger partial charge in [-0.15, -0.1) is 0 Å². The molecule has 0 fully saturated rings. The molecular formula is C14H21NO4. The smallest absolute Gasteiger partial charge is 0.344 e. The van der Waals surface area contributed by atoms with Crippen LogP contribution in [0.15, 0.2) is 18.2 Å². The molecule has 0 bridgehead atoms. The molecule has 5 heteroatoms. The number of para-hydroxylation sites is 1. The van der Waals surface area contributed by atoms with Crippen molar-refractivity contribution >= 4 is 5.97 Å². The van der Waals surface area contributed by atoms with Crippen molar-refractivity contribution in [2.24, 2.45) is 5.73 Å². The zero-order chi connectivity index (χ0) is 14.4. The van der Waals surface area contributed by atoms with Crippen molar-refractivity contribution in [2.45, 2.75) is 38.8 Å². The molecule has 0 radical (unpaired) electrons. The number of benzene rings is 1. The van der Waals surface area contributed by atoms with E-state index in [4.69, 9.17) is 20.3 Å². The molecule has 0 heterocycles. The highest BCUT2D eigenvalue weighted by Gasteiger charge is 2.19. The van der Waals surface area contributed by atoms with E-state index in [0.29, 0.717) is 17.9 Å². The van der Waals surface area contributed by atoms with E-state index in [9.17, 15) is 4.79 Å². The summed E-state index contributed by atoms with van der Waals surface area (Å²) >= 11 is 0. The average Bonchev–Trinajstić information content (AvgIpc) is 2.40. The Labute approximate surface area is 113 Å². The summed E-state index contributed by atoms with van der Waals surface area (Å²) in [4.78, 5) is 10.9. The molecule has 1 rings (SSSR count). The van der Waals surface area contributed by atoms with Crippen LogP contribution < -0.4 is 15.2 Å². The van der Waals surface area contributed by atoms with Gasteiger partial charge in [0.15, 0.2) is 17.6 Å². The standard InChI is InChI=1S/C14H21NO4/c1-4-11(15)8-10-6-5-7-12(18-3)13(10)19-9(2)14(16)17/h5-7,9,11H,4,8,15H2,1-3H3,(H,16,17). The molecule has 0 saturated carbocycles. The Hall–Kier alpha value is -1.75. The minimum atomic E-state index is -1.02. The lowest BCUT2D eigenvalue weighted by atomic mass is 10.0. The van der Waals surface area contributed by atoms with Gasteiger partial charge in [-0.1, -0.05) is 19.1 Å². The molecule has 2 atom stereocenters. The summed E-state index contributed by atoms with van der Waals surface area (Å²) in [7, 11) is 1.52.